The maximum Gasteiger partial charge on any atom is 0.121 e. The van der Waals surface area contributed by atoms with Gasteiger partial charge in [0.1, 0.15) is 6.10 Å². The summed E-state index contributed by atoms with van der Waals surface area (Å²) in [5.41, 5.74) is 1.75. The van der Waals surface area contributed by atoms with Crippen molar-refractivity contribution in [2.24, 2.45) is 0 Å². The van der Waals surface area contributed by atoms with E-state index in [1.54, 1.807) is 6.20 Å². The van der Waals surface area contributed by atoms with Crippen molar-refractivity contribution >= 4 is 10.8 Å². The summed E-state index contributed by atoms with van der Waals surface area (Å²) in [5, 5.41) is 17.2. The number of aliphatic hydroxyl groups is 1. The summed E-state index contributed by atoms with van der Waals surface area (Å²) in [7, 11) is 0. The van der Waals surface area contributed by atoms with Crippen LogP contribution in [0, 0.1) is 0 Å². The van der Waals surface area contributed by atoms with E-state index in [4.69, 9.17) is 0 Å². The van der Waals surface area contributed by atoms with E-state index in [2.05, 4.69) is 30.2 Å². The van der Waals surface area contributed by atoms with Gasteiger partial charge in [-0.2, -0.15) is 5.10 Å². The molecule has 3 heteroatoms. The summed E-state index contributed by atoms with van der Waals surface area (Å²) in [6.45, 7) is 2.93. The maximum absolute atomic E-state index is 10.6. The molecule has 0 aliphatic carbocycles. The number of aryl methyl sites for hydroxylation is 1. The molecule has 3 aromatic rings. The number of fused-ring (bicyclic) bond motifs is 1. The highest BCUT2D eigenvalue weighted by molar-refractivity contribution is 5.83. The van der Waals surface area contributed by atoms with Gasteiger partial charge in [0, 0.05) is 12.7 Å². The molecule has 0 bridgehead atoms. The Morgan fingerprint density at radius 3 is 2.70 bits per heavy atom. The Bertz CT molecular complexity index is 718. The predicted molar refractivity (Wildman–Crippen MR) is 80.5 cm³/mol. The lowest BCUT2D eigenvalue weighted by atomic mass is 10.0. The molecule has 0 amide bonds. The van der Waals surface area contributed by atoms with Gasteiger partial charge in [0.2, 0.25) is 0 Å². The molecule has 0 saturated carbocycles. The van der Waals surface area contributed by atoms with Gasteiger partial charge in [-0.25, -0.2) is 0 Å². The molecule has 1 atom stereocenters. The Morgan fingerprint density at radius 2 is 1.90 bits per heavy atom. The third-order valence-electron chi connectivity index (χ3n) is 3.55. The second-order valence-electron chi connectivity index (χ2n) is 4.99. The smallest absolute Gasteiger partial charge is 0.121 e. The monoisotopic (exact) mass is 266 g/mol. The van der Waals surface area contributed by atoms with Crippen molar-refractivity contribution in [3.05, 3.63) is 66.0 Å². The molecule has 0 fully saturated rings. The molecule has 1 N–H and O–H groups in total. The van der Waals surface area contributed by atoms with Gasteiger partial charge >= 0.3 is 0 Å². The van der Waals surface area contributed by atoms with Crippen LogP contribution in [0.3, 0.4) is 0 Å². The van der Waals surface area contributed by atoms with Crippen LogP contribution in [0.2, 0.25) is 0 Å². The van der Waals surface area contributed by atoms with Gasteiger partial charge in [-0.3, -0.25) is 4.68 Å². The second kappa shape index (κ2) is 5.47. The molecule has 102 valence electrons. The van der Waals surface area contributed by atoms with E-state index in [0.717, 1.165) is 29.6 Å². The predicted octanol–water partition coefficient (Wildman–Crippen LogP) is 3.53. The average Bonchev–Trinajstić information content (AvgIpc) is 2.94. The number of rotatable bonds is 4. The van der Waals surface area contributed by atoms with Gasteiger partial charge in [-0.05, 0) is 34.9 Å². The van der Waals surface area contributed by atoms with Crippen molar-refractivity contribution in [2.75, 3.05) is 0 Å². The summed E-state index contributed by atoms with van der Waals surface area (Å²) in [6.07, 6.45) is 2.11. The van der Waals surface area contributed by atoms with Gasteiger partial charge < -0.3 is 5.11 Å². The first kappa shape index (κ1) is 12.9. The van der Waals surface area contributed by atoms with Crippen LogP contribution in [0.5, 0.6) is 0 Å². The molecule has 1 unspecified atom stereocenters. The van der Waals surface area contributed by atoms with Crippen LogP contribution < -0.4 is 0 Å². The van der Waals surface area contributed by atoms with Gasteiger partial charge in [-0.1, -0.05) is 43.3 Å². The summed E-state index contributed by atoms with van der Waals surface area (Å²) in [5.74, 6) is 0. The van der Waals surface area contributed by atoms with E-state index in [1.807, 2.05) is 35.0 Å². The molecular formula is C17H18N2O. The standard InChI is InChI=1S/C17H18N2O/c1-2-11-19-16(9-10-18-19)17(20)15-8-7-13-5-3-4-6-14(13)12-15/h3-10,12,17,20H,2,11H2,1H3. The van der Waals surface area contributed by atoms with E-state index in [0.29, 0.717) is 0 Å². The van der Waals surface area contributed by atoms with E-state index < -0.39 is 6.10 Å². The number of hydrogen-bond donors (Lipinski definition) is 1. The zero-order valence-electron chi connectivity index (χ0n) is 11.5. The summed E-state index contributed by atoms with van der Waals surface area (Å²) < 4.78 is 1.87. The van der Waals surface area contributed by atoms with Crippen LogP contribution in [-0.2, 0) is 6.54 Å². The van der Waals surface area contributed by atoms with E-state index in [-0.39, 0.29) is 0 Å². The van der Waals surface area contributed by atoms with E-state index >= 15 is 0 Å². The first-order valence-corrected chi connectivity index (χ1v) is 6.98. The molecule has 0 saturated heterocycles. The van der Waals surface area contributed by atoms with Gasteiger partial charge in [0.05, 0.1) is 5.69 Å². The fourth-order valence-corrected chi connectivity index (χ4v) is 2.52. The van der Waals surface area contributed by atoms with Crippen molar-refractivity contribution in [3.8, 4) is 0 Å². The molecule has 1 heterocycles. The summed E-state index contributed by atoms with van der Waals surface area (Å²) >= 11 is 0. The van der Waals surface area contributed by atoms with Crippen LogP contribution >= 0.6 is 0 Å². The van der Waals surface area contributed by atoms with Crippen LogP contribution in [0.1, 0.15) is 30.7 Å². The molecular weight excluding hydrogens is 248 g/mol. The SMILES string of the molecule is CCCn1nccc1C(O)c1ccc2ccccc2c1. The van der Waals surface area contributed by atoms with E-state index in [9.17, 15) is 5.11 Å². The second-order valence-corrected chi connectivity index (χ2v) is 4.99. The Hall–Kier alpha value is -2.13. The number of nitrogens with zero attached hydrogens (tertiary/aromatic N) is 2. The highest BCUT2D eigenvalue weighted by Gasteiger charge is 2.15. The van der Waals surface area contributed by atoms with Gasteiger partial charge in [-0.15, -0.1) is 0 Å². The van der Waals surface area contributed by atoms with E-state index in [1.165, 1.54) is 5.39 Å². The van der Waals surface area contributed by atoms with Crippen molar-refractivity contribution in [2.45, 2.75) is 26.0 Å². The fourth-order valence-electron chi connectivity index (χ4n) is 2.52. The normalized spacial score (nSPS) is 12.7. The Balaban J connectivity index is 1.99. The lowest BCUT2D eigenvalue weighted by molar-refractivity contribution is 0.207. The summed E-state index contributed by atoms with van der Waals surface area (Å²) in [4.78, 5) is 0. The highest BCUT2D eigenvalue weighted by Crippen LogP contribution is 2.25. The van der Waals surface area contributed by atoms with Crippen molar-refractivity contribution < 1.29 is 5.11 Å². The fraction of sp³-hybridized carbons (Fsp3) is 0.235. The first-order chi connectivity index (χ1) is 9.79. The number of aliphatic hydroxyl groups excluding tert-OH is 1. The third-order valence-corrected chi connectivity index (χ3v) is 3.55. The quantitative estimate of drug-likeness (QED) is 0.784. The number of aromatic nitrogens is 2. The Kier molecular flexibility index (Phi) is 3.52. The zero-order chi connectivity index (χ0) is 13.9. The van der Waals surface area contributed by atoms with Crippen LogP contribution in [0.4, 0.5) is 0 Å². The van der Waals surface area contributed by atoms with Crippen molar-refractivity contribution in [1.29, 1.82) is 0 Å². The number of benzene rings is 2. The molecule has 0 radical (unpaired) electrons. The van der Waals surface area contributed by atoms with Gasteiger partial charge in [0.25, 0.3) is 0 Å². The van der Waals surface area contributed by atoms with Crippen LogP contribution in [0.15, 0.2) is 54.7 Å². The minimum Gasteiger partial charge on any atom is -0.382 e. The summed E-state index contributed by atoms with van der Waals surface area (Å²) in [6, 6.07) is 16.1. The lowest BCUT2D eigenvalue weighted by Crippen LogP contribution is -2.10. The average molecular weight is 266 g/mol. The van der Waals surface area contributed by atoms with Gasteiger partial charge in [0.15, 0.2) is 0 Å². The Labute approximate surface area is 118 Å². The molecule has 3 nitrogen and oxygen atoms in total. The highest BCUT2D eigenvalue weighted by atomic mass is 16.3. The molecule has 0 aliphatic rings. The molecule has 20 heavy (non-hydrogen) atoms. The molecule has 3 rings (SSSR count). The topological polar surface area (TPSA) is 38.0 Å². The van der Waals surface area contributed by atoms with Crippen LogP contribution in [0.25, 0.3) is 10.8 Å². The Morgan fingerprint density at radius 1 is 1.10 bits per heavy atom. The van der Waals surface area contributed by atoms with Crippen molar-refractivity contribution in [3.63, 3.8) is 0 Å². The molecule has 2 aromatic carbocycles. The minimum atomic E-state index is -0.631. The largest absolute Gasteiger partial charge is 0.382 e. The molecule has 0 aliphatic heterocycles. The number of hydrogen-bond acceptors (Lipinski definition) is 2. The lowest BCUT2D eigenvalue weighted by Gasteiger charge is -2.14. The molecule has 0 spiro atoms. The van der Waals surface area contributed by atoms with Crippen molar-refractivity contribution in [1.82, 2.24) is 9.78 Å². The third kappa shape index (κ3) is 2.32. The molecule has 1 aromatic heterocycles. The minimum absolute atomic E-state index is 0.631. The maximum atomic E-state index is 10.6. The van der Waals surface area contributed by atoms with Crippen LogP contribution in [-0.4, -0.2) is 14.9 Å². The zero-order valence-corrected chi connectivity index (χ0v) is 11.5. The first-order valence-electron chi connectivity index (χ1n) is 6.98.